The fourth-order valence-electron chi connectivity index (χ4n) is 7.45. The molecule has 0 aliphatic heterocycles. The van der Waals surface area contributed by atoms with E-state index in [1.807, 2.05) is 88.4 Å². The van der Waals surface area contributed by atoms with Gasteiger partial charge < -0.3 is 30.1 Å². The zero-order valence-corrected chi connectivity index (χ0v) is 29.5. The summed E-state index contributed by atoms with van der Waals surface area (Å²) in [6.45, 7) is 9.79. The summed E-state index contributed by atoms with van der Waals surface area (Å²) in [5.74, 6) is 0.195. The number of methoxy groups -OCH3 is 1. The highest BCUT2D eigenvalue weighted by molar-refractivity contribution is 5.93. The van der Waals surface area contributed by atoms with Crippen LogP contribution in [-0.4, -0.2) is 64.0 Å². The van der Waals surface area contributed by atoms with Crippen LogP contribution in [0.25, 0.3) is 22.4 Å². The summed E-state index contributed by atoms with van der Waals surface area (Å²) in [7, 11) is 1.41. The van der Waals surface area contributed by atoms with Crippen molar-refractivity contribution in [1.29, 1.82) is 0 Å². The maximum atomic E-state index is 13.2. The Morgan fingerprint density at radius 3 is 2.20 bits per heavy atom. The Morgan fingerprint density at radius 2 is 1.63 bits per heavy atom. The Kier molecular flexibility index (Phi) is 10.7. The molecule has 1 heterocycles. The fraction of sp³-hybridized carbons (Fsp3) is 0.487. The molecule has 0 bridgehead atoms. The SMILES string of the molecule is CCN(C(=O)OC)C1CCC(CC(=O)Nc2cnc(-c3ccc(C4(NC(=O)OC(C)(C)C)CC(C)(O)C4)cc3)c(-c3ccccc3)c2)CC1. The number of alkyl carbamates (subject to hydrolysis) is 1. The highest BCUT2D eigenvalue weighted by atomic mass is 16.6. The molecule has 2 saturated carbocycles. The lowest BCUT2D eigenvalue weighted by Crippen LogP contribution is -2.62. The van der Waals surface area contributed by atoms with E-state index in [9.17, 15) is 19.5 Å². The van der Waals surface area contributed by atoms with Crippen LogP contribution in [0.4, 0.5) is 15.3 Å². The molecule has 0 atom stereocenters. The molecule has 0 unspecified atom stereocenters. The number of carbonyl (C=O) groups is 3. The van der Waals surface area contributed by atoms with Crippen LogP contribution in [0.15, 0.2) is 66.9 Å². The van der Waals surface area contributed by atoms with Crippen molar-refractivity contribution in [3.05, 3.63) is 72.4 Å². The first-order valence-corrected chi connectivity index (χ1v) is 17.3. The van der Waals surface area contributed by atoms with Gasteiger partial charge in [-0.15, -0.1) is 0 Å². The third kappa shape index (κ3) is 8.78. The van der Waals surface area contributed by atoms with E-state index in [1.165, 1.54) is 7.11 Å². The first-order chi connectivity index (χ1) is 23.2. The molecule has 0 radical (unpaired) electrons. The number of benzene rings is 2. The van der Waals surface area contributed by atoms with E-state index in [0.29, 0.717) is 31.5 Å². The smallest absolute Gasteiger partial charge is 0.409 e. The lowest BCUT2D eigenvalue weighted by atomic mass is 9.62. The second-order valence-corrected chi connectivity index (χ2v) is 14.8. The van der Waals surface area contributed by atoms with Gasteiger partial charge in [-0.05, 0) is 83.4 Å². The first kappa shape index (κ1) is 35.9. The zero-order chi connectivity index (χ0) is 35.4. The summed E-state index contributed by atoms with van der Waals surface area (Å²) >= 11 is 0. The first-order valence-electron chi connectivity index (χ1n) is 17.3. The number of ether oxygens (including phenoxy) is 2. The van der Waals surface area contributed by atoms with Gasteiger partial charge in [-0.1, -0.05) is 54.6 Å². The van der Waals surface area contributed by atoms with Crippen LogP contribution in [0.5, 0.6) is 0 Å². The Hall–Kier alpha value is -4.44. The monoisotopic (exact) mass is 670 g/mol. The molecule has 1 aromatic heterocycles. The molecule has 10 heteroatoms. The van der Waals surface area contributed by atoms with Gasteiger partial charge in [0.15, 0.2) is 0 Å². The predicted molar refractivity (Wildman–Crippen MR) is 190 cm³/mol. The molecule has 0 spiro atoms. The Morgan fingerprint density at radius 1 is 0.980 bits per heavy atom. The van der Waals surface area contributed by atoms with E-state index >= 15 is 0 Å². The molecule has 2 aromatic carbocycles. The highest BCUT2D eigenvalue weighted by Gasteiger charge is 2.53. The van der Waals surface area contributed by atoms with Gasteiger partial charge in [0, 0.05) is 43.0 Å². The molecule has 2 fully saturated rings. The number of carbonyl (C=O) groups excluding carboxylic acids is 3. The van der Waals surface area contributed by atoms with E-state index < -0.39 is 22.8 Å². The van der Waals surface area contributed by atoms with Gasteiger partial charge in [-0.25, -0.2) is 9.59 Å². The molecule has 49 heavy (non-hydrogen) atoms. The number of amides is 3. The third-order valence-electron chi connectivity index (χ3n) is 9.55. The third-order valence-corrected chi connectivity index (χ3v) is 9.55. The molecule has 3 aromatic rings. The van der Waals surface area contributed by atoms with Gasteiger partial charge in [0.05, 0.1) is 35.8 Å². The number of nitrogens with zero attached hydrogens (tertiary/aromatic N) is 2. The van der Waals surface area contributed by atoms with Crippen LogP contribution in [0.2, 0.25) is 0 Å². The molecule has 5 rings (SSSR count). The summed E-state index contributed by atoms with van der Waals surface area (Å²) in [6.07, 6.45) is 5.47. The van der Waals surface area contributed by atoms with Crippen LogP contribution in [0, 0.1) is 5.92 Å². The number of aromatic nitrogens is 1. The van der Waals surface area contributed by atoms with Gasteiger partial charge in [0.1, 0.15) is 5.60 Å². The lowest BCUT2D eigenvalue weighted by molar-refractivity contribution is -0.117. The fourth-order valence-corrected chi connectivity index (χ4v) is 7.45. The summed E-state index contributed by atoms with van der Waals surface area (Å²) in [6, 6.07) is 19.9. The molecule has 3 amide bonds. The molecule has 3 N–H and O–H groups in total. The number of aliphatic hydroxyl groups is 1. The minimum Gasteiger partial charge on any atom is -0.453 e. The number of nitrogens with one attached hydrogen (secondary N) is 2. The van der Waals surface area contributed by atoms with Gasteiger partial charge >= 0.3 is 12.2 Å². The molecule has 262 valence electrons. The predicted octanol–water partition coefficient (Wildman–Crippen LogP) is 7.66. The molecular weight excluding hydrogens is 620 g/mol. The van der Waals surface area contributed by atoms with Crippen molar-refractivity contribution >= 4 is 23.8 Å². The van der Waals surface area contributed by atoms with Gasteiger partial charge in [0.2, 0.25) is 5.91 Å². The standard InChI is InChI=1S/C39H50N4O6/c1-7-43(36(46)48-6)31-19-13-26(14-20-31)21-33(44)41-30-22-32(27-11-9-8-10-12-27)34(40-23-30)28-15-17-29(18-16-28)39(24-38(5,47)25-39)42-35(45)49-37(2,3)4/h8-12,15-18,22-23,26,31,47H,7,13-14,19-21,24-25H2,1-6H3,(H,41,44)(H,42,45). The minimum atomic E-state index is -0.893. The highest BCUT2D eigenvalue weighted by Crippen LogP contribution is 2.49. The van der Waals surface area contributed by atoms with Crippen LogP contribution in [-0.2, 0) is 19.8 Å². The molecule has 2 aliphatic carbocycles. The van der Waals surface area contributed by atoms with Gasteiger partial charge in [-0.2, -0.15) is 0 Å². The summed E-state index contributed by atoms with van der Waals surface area (Å²) in [5, 5.41) is 16.8. The average molecular weight is 671 g/mol. The number of rotatable bonds is 9. The Balaban J connectivity index is 1.31. The van der Waals surface area contributed by atoms with Crippen molar-refractivity contribution in [1.82, 2.24) is 15.2 Å². The van der Waals surface area contributed by atoms with E-state index in [4.69, 9.17) is 14.5 Å². The van der Waals surface area contributed by atoms with Gasteiger partial charge in [-0.3, -0.25) is 9.78 Å². The largest absolute Gasteiger partial charge is 0.453 e. The Labute approximate surface area is 289 Å². The van der Waals surface area contributed by atoms with Crippen molar-refractivity contribution in [2.75, 3.05) is 19.0 Å². The van der Waals surface area contributed by atoms with Crippen molar-refractivity contribution < 1.29 is 29.0 Å². The molecule has 10 nitrogen and oxygen atoms in total. The quantitative estimate of drug-likeness (QED) is 0.213. The summed E-state index contributed by atoms with van der Waals surface area (Å²) < 4.78 is 10.5. The maximum Gasteiger partial charge on any atom is 0.409 e. The zero-order valence-electron chi connectivity index (χ0n) is 29.5. The average Bonchev–Trinajstić information content (AvgIpc) is 3.04. The van der Waals surface area contributed by atoms with E-state index in [0.717, 1.165) is 53.6 Å². The van der Waals surface area contributed by atoms with Crippen LogP contribution in [0.1, 0.15) is 85.1 Å². The van der Waals surface area contributed by atoms with Crippen molar-refractivity contribution in [3.63, 3.8) is 0 Å². The minimum absolute atomic E-state index is 0.0548. The van der Waals surface area contributed by atoms with Crippen LogP contribution < -0.4 is 10.6 Å². The number of hydrogen-bond donors (Lipinski definition) is 3. The summed E-state index contributed by atoms with van der Waals surface area (Å²) in [4.78, 5) is 44.7. The van der Waals surface area contributed by atoms with Crippen LogP contribution in [0.3, 0.4) is 0 Å². The van der Waals surface area contributed by atoms with Gasteiger partial charge in [0.25, 0.3) is 0 Å². The van der Waals surface area contributed by atoms with Crippen molar-refractivity contribution in [2.24, 2.45) is 5.92 Å². The normalized spacial score (nSPS) is 23.5. The molecule has 2 aliphatic rings. The maximum absolute atomic E-state index is 13.2. The lowest BCUT2D eigenvalue weighted by Gasteiger charge is -2.52. The number of anilines is 1. The van der Waals surface area contributed by atoms with Crippen molar-refractivity contribution in [2.45, 2.75) is 102 Å². The van der Waals surface area contributed by atoms with E-state index in [-0.39, 0.29) is 24.0 Å². The second-order valence-electron chi connectivity index (χ2n) is 14.8. The Bertz CT molecular complexity index is 1620. The molecular formula is C39H50N4O6. The van der Waals surface area contributed by atoms with E-state index in [2.05, 4.69) is 10.6 Å². The van der Waals surface area contributed by atoms with Crippen LogP contribution >= 0.6 is 0 Å². The van der Waals surface area contributed by atoms with E-state index in [1.54, 1.807) is 18.0 Å². The number of hydrogen-bond acceptors (Lipinski definition) is 7. The summed E-state index contributed by atoms with van der Waals surface area (Å²) in [5.41, 5.74) is 2.70. The second kappa shape index (κ2) is 14.6. The topological polar surface area (TPSA) is 130 Å². The molecule has 0 saturated heterocycles. The number of pyridine rings is 1. The van der Waals surface area contributed by atoms with Crippen molar-refractivity contribution in [3.8, 4) is 22.4 Å².